The van der Waals surface area contributed by atoms with Gasteiger partial charge in [0.05, 0.1) is 37.1 Å². The van der Waals surface area contributed by atoms with Gasteiger partial charge in [0.2, 0.25) is 5.75 Å². The molecule has 0 spiro atoms. The van der Waals surface area contributed by atoms with E-state index in [1.54, 1.807) is 24.3 Å². The molecule has 1 amide bonds. The lowest BCUT2D eigenvalue weighted by Gasteiger charge is -2.20. The Balaban J connectivity index is 1.45. The second kappa shape index (κ2) is 13.4. The fourth-order valence-corrected chi connectivity index (χ4v) is 4.70. The van der Waals surface area contributed by atoms with Crippen LogP contribution in [0.2, 0.25) is 10.0 Å². The van der Waals surface area contributed by atoms with E-state index in [9.17, 15) is 24.3 Å². The molecule has 0 unspecified atom stereocenters. The summed E-state index contributed by atoms with van der Waals surface area (Å²) in [5.74, 6) is -0.526. The lowest BCUT2D eigenvalue weighted by Crippen LogP contribution is -2.42. The van der Waals surface area contributed by atoms with Gasteiger partial charge in [-0.1, -0.05) is 35.3 Å². The van der Waals surface area contributed by atoms with E-state index >= 15 is 0 Å². The van der Waals surface area contributed by atoms with Gasteiger partial charge in [-0.2, -0.15) is 0 Å². The molecule has 0 saturated carbocycles. The molecule has 1 aromatic heterocycles. The second-order valence-corrected chi connectivity index (χ2v) is 9.98. The molecule has 224 valence electrons. The minimum Gasteiger partial charge on any atom is -0.493 e. The highest BCUT2D eigenvalue weighted by atomic mass is 35.5. The Morgan fingerprint density at radius 2 is 1.44 bits per heavy atom. The third kappa shape index (κ3) is 6.82. The molecule has 0 fully saturated rings. The first-order valence-electron chi connectivity index (χ1n) is 12.6. The Morgan fingerprint density at radius 1 is 0.860 bits per heavy atom. The first kappa shape index (κ1) is 31.1. The van der Waals surface area contributed by atoms with Gasteiger partial charge in [-0.15, -0.1) is 0 Å². The van der Waals surface area contributed by atoms with Crippen LogP contribution in [0.1, 0.15) is 21.5 Å². The molecule has 0 radical (unpaired) electrons. The predicted octanol–water partition coefficient (Wildman–Crippen LogP) is 3.98. The number of carbonyl (C=O) groups is 2. The topological polar surface area (TPSA) is 165 Å². The smallest absolute Gasteiger partial charge is 0.326 e. The van der Waals surface area contributed by atoms with Crippen molar-refractivity contribution in [1.82, 2.24) is 4.98 Å². The molecule has 0 saturated heterocycles. The first-order valence-corrected chi connectivity index (χ1v) is 13.4. The molecule has 3 aromatic carbocycles. The van der Waals surface area contributed by atoms with Gasteiger partial charge in [-0.05, 0) is 35.4 Å². The number of hydrogen-bond donors (Lipinski definition) is 4. The maximum atomic E-state index is 12.7. The monoisotopic (exact) mass is 628 g/mol. The van der Waals surface area contributed by atoms with Crippen LogP contribution in [0.25, 0.3) is 0 Å². The molecule has 0 bridgehead atoms. The van der Waals surface area contributed by atoms with Crippen molar-refractivity contribution in [2.75, 3.05) is 37.3 Å². The highest BCUT2D eigenvalue weighted by molar-refractivity contribution is 6.39. The highest BCUT2D eigenvalue weighted by Crippen LogP contribution is 2.38. The fourth-order valence-electron chi connectivity index (χ4n) is 4.24. The summed E-state index contributed by atoms with van der Waals surface area (Å²) in [6.07, 6.45) is 2.63. The van der Waals surface area contributed by atoms with Gasteiger partial charge < -0.3 is 35.3 Å². The average Bonchev–Trinajstić information content (AvgIpc) is 3.01. The van der Waals surface area contributed by atoms with Crippen molar-refractivity contribution in [1.29, 1.82) is 0 Å². The third-order valence-corrected chi connectivity index (χ3v) is 7.04. The lowest BCUT2D eigenvalue weighted by atomic mass is 10.0. The molecule has 4 N–H and O–H groups in total. The zero-order valence-corrected chi connectivity index (χ0v) is 24.6. The average molecular weight is 629 g/mol. The molecule has 12 nitrogen and oxygen atoms in total. The number of carboxylic acid groups (broad SMARTS) is 1. The Morgan fingerprint density at radius 3 is 1.98 bits per heavy atom. The van der Waals surface area contributed by atoms with Gasteiger partial charge >= 0.3 is 5.97 Å². The highest BCUT2D eigenvalue weighted by Gasteiger charge is 2.27. The van der Waals surface area contributed by atoms with Crippen molar-refractivity contribution in [3.8, 4) is 17.2 Å². The molecule has 14 heteroatoms. The van der Waals surface area contributed by atoms with Gasteiger partial charge in [0.1, 0.15) is 17.4 Å². The van der Waals surface area contributed by atoms with E-state index in [1.165, 1.54) is 45.9 Å². The number of halogens is 2. The van der Waals surface area contributed by atoms with Crippen molar-refractivity contribution in [3.05, 3.63) is 96.0 Å². The SMILES string of the molecule is COc1cc(CNc2c(N[C@@H](Cc3ccc(C(=O)Nc4c(Cl)cncc4Cl)cc3)C(=O)O)c(=O)c2=O)cc(OC)c1OC. The van der Waals surface area contributed by atoms with Crippen molar-refractivity contribution in [3.63, 3.8) is 0 Å². The number of ether oxygens (including phenoxy) is 3. The molecule has 1 heterocycles. The first-order chi connectivity index (χ1) is 20.6. The maximum absolute atomic E-state index is 12.7. The molecule has 0 aliphatic heterocycles. The summed E-state index contributed by atoms with van der Waals surface area (Å²) in [5, 5.41) is 18.4. The van der Waals surface area contributed by atoms with Gasteiger partial charge in [0.25, 0.3) is 16.8 Å². The summed E-state index contributed by atoms with van der Waals surface area (Å²) < 4.78 is 16.0. The molecule has 4 rings (SSSR count). The number of nitrogens with one attached hydrogen (secondary N) is 3. The second-order valence-electron chi connectivity index (χ2n) is 9.16. The minimum atomic E-state index is -1.25. The van der Waals surface area contributed by atoms with Crippen LogP contribution in [0.15, 0.2) is 58.4 Å². The Bertz CT molecular complexity index is 1690. The number of aromatic nitrogens is 1. The van der Waals surface area contributed by atoms with Gasteiger partial charge in [0, 0.05) is 30.9 Å². The quantitative estimate of drug-likeness (QED) is 0.158. The van der Waals surface area contributed by atoms with Crippen molar-refractivity contribution in [2.24, 2.45) is 0 Å². The number of nitrogens with zero attached hydrogens (tertiary/aromatic N) is 1. The molecule has 43 heavy (non-hydrogen) atoms. The Kier molecular flexibility index (Phi) is 9.73. The third-order valence-electron chi connectivity index (χ3n) is 6.47. The molecule has 0 aliphatic carbocycles. The predicted molar refractivity (Wildman–Crippen MR) is 162 cm³/mol. The molecular weight excluding hydrogens is 603 g/mol. The summed E-state index contributed by atoms with van der Waals surface area (Å²) >= 11 is 12.1. The van der Waals surface area contributed by atoms with Crippen LogP contribution in [0.4, 0.5) is 17.1 Å². The van der Waals surface area contributed by atoms with Crippen molar-refractivity contribution < 1.29 is 28.9 Å². The van der Waals surface area contributed by atoms with Crippen molar-refractivity contribution >= 4 is 52.1 Å². The Hall–Kier alpha value is -4.81. The van der Waals surface area contributed by atoms with E-state index in [4.69, 9.17) is 37.4 Å². The number of benzene rings is 2. The normalized spacial score (nSPS) is 11.5. The van der Waals surface area contributed by atoms with Crippen LogP contribution in [0.5, 0.6) is 17.2 Å². The summed E-state index contributed by atoms with van der Waals surface area (Å²) in [5.41, 5.74) is -0.0817. The Labute approximate surface area is 255 Å². The number of aliphatic carboxylic acids is 1. The fraction of sp³-hybridized carbons (Fsp3) is 0.207. The zero-order chi connectivity index (χ0) is 31.3. The number of methoxy groups -OCH3 is 3. The number of rotatable bonds is 13. The summed E-state index contributed by atoms with van der Waals surface area (Å²) in [6, 6.07) is 8.28. The van der Waals surface area contributed by atoms with Gasteiger partial charge in [-0.25, -0.2) is 4.79 Å². The molecule has 4 aromatic rings. The summed E-state index contributed by atoms with van der Waals surface area (Å²) in [7, 11) is 4.41. The molecular formula is C29H26Cl2N4O8. The molecule has 0 aliphatic rings. The largest absolute Gasteiger partial charge is 0.493 e. The van der Waals surface area contributed by atoms with E-state index in [1.807, 2.05) is 0 Å². The van der Waals surface area contributed by atoms with E-state index < -0.39 is 28.8 Å². The van der Waals surface area contributed by atoms with Crippen LogP contribution in [-0.4, -0.2) is 49.3 Å². The van der Waals surface area contributed by atoms with E-state index in [0.717, 1.165) is 0 Å². The minimum absolute atomic E-state index is 0.0366. The lowest BCUT2D eigenvalue weighted by molar-refractivity contribution is -0.137. The van der Waals surface area contributed by atoms with Gasteiger partial charge in [0.15, 0.2) is 11.5 Å². The standard InChI is InChI=1S/C29H26Cl2N4O8/c1-41-20-9-15(10-21(42-2)27(20)43-3)11-33-23-24(26(37)25(23)36)34-19(29(39)40)8-14-4-6-16(7-5-14)28(38)35-22-17(30)12-32-13-18(22)31/h4-7,9-10,12-13,19,33-34H,8,11H2,1-3H3,(H,39,40)(H,32,35,38)/t19-/m0/s1. The maximum Gasteiger partial charge on any atom is 0.326 e. The summed E-state index contributed by atoms with van der Waals surface area (Å²) in [6.45, 7) is 0.105. The molecule has 1 atom stereocenters. The van der Waals surface area contributed by atoms with E-state index in [2.05, 4.69) is 20.9 Å². The zero-order valence-electron chi connectivity index (χ0n) is 23.1. The van der Waals surface area contributed by atoms with Gasteiger partial charge in [-0.3, -0.25) is 19.4 Å². The van der Waals surface area contributed by atoms with Crippen LogP contribution in [-0.2, 0) is 17.8 Å². The van der Waals surface area contributed by atoms with Crippen LogP contribution >= 0.6 is 23.2 Å². The number of hydrogen-bond acceptors (Lipinski definition) is 10. The van der Waals surface area contributed by atoms with Crippen LogP contribution in [0.3, 0.4) is 0 Å². The van der Waals surface area contributed by atoms with E-state index in [-0.39, 0.29) is 45.6 Å². The van der Waals surface area contributed by atoms with Crippen LogP contribution < -0.4 is 41.0 Å². The number of amides is 1. The number of anilines is 3. The summed E-state index contributed by atoms with van der Waals surface area (Å²) in [4.78, 5) is 53.3. The van der Waals surface area contributed by atoms with Crippen molar-refractivity contribution in [2.45, 2.75) is 19.0 Å². The number of carbonyl (C=O) groups excluding carboxylic acids is 1. The van der Waals surface area contributed by atoms with E-state index in [0.29, 0.717) is 28.4 Å². The van der Waals surface area contributed by atoms with Crippen LogP contribution in [0, 0.1) is 0 Å². The number of pyridine rings is 1. The number of carboxylic acids is 1.